The smallest absolute Gasteiger partial charge is 0.260 e. The SMILES string of the molecule is CC(C)c1noc(-c2ccccc2N)n1. The van der Waals surface area contributed by atoms with Crippen LogP contribution in [-0.2, 0) is 0 Å². The minimum Gasteiger partial charge on any atom is -0.398 e. The average Bonchev–Trinajstić information content (AvgIpc) is 2.67. The highest BCUT2D eigenvalue weighted by molar-refractivity contribution is 5.69. The molecule has 4 heteroatoms. The Kier molecular flexibility index (Phi) is 2.41. The predicted molar refractivity (Wildman–Crippen MR) is 58.2 cm³/mol. The van der Waals surface area contributed by atoms with Crippen molar-refractivity contribution in [2.45, 2.75) is 19.8 Å². The van der Waals surface area contributed by atoms with Crippen LogP contribution < -0.4 is 5.73 Å². The van der Waals surface area contributed by atoms with E-state index in [-0.39, 0.29) is 5.92 Å². The highest BCUT2D eigenvalue weighted by Gasteiger charge is 2.12. The van der Waals surface area contributed by atoms with E-state index < -0.39 is 0 Å². The number of para-hydroxylation sites is 1. The Morgan fingerprint density at radius 3 is 2.60 bits per heavy atom. The second-order valence-electron chi connectivity index (χ2n) is 3.70. The molecule has 0 fully saturated rings. The van der Waals surface area contributed by atoms with E-state index in [1.54, 1.807) is 0 Å². The Morgan fingerprint density at radius 2 is 2.00 bits per heavy atom. The molecular weight excluding hydrogens is 190 g/mol. The van der Waals surface area contributed by atoms with Gasteiger partial charge in [0.2, 0.25) is 0 Å². The maximum absolute atomic E-state index is 5.81. The van der Waals surface area contributed by atoms with Crippen molar-refractivity contribution in [2.24, 2.45) is 0 Å². The van der Waals surface area contributed by atoms with Gasteiger partial charge in [0.15, 0.2) is 5.82 Å². The maximum Gasteiger partial charge on any atom is 0.260 e. The van der Waals surface area contributed by atoms with Gasteiger partial charge >= 0.3 is 0 Å². The second-order valence-corrected chi connectivity index (χ2v) is 3.70. The second kappa shape index (κ2) is 3.73. The van der Waals surface area contributed by atoms with Crippen LogP contribution in [0.5, 0.6) is 0 Å². The summed E-state index contributed by atoms with van der Waals surface area (Å²) in [6, 6.07) is 7.45. The minimum atomic E-state index is 0.257. The van der Waals surface area contributed by atoms with Crippen molar-refractivity contribution >= 4 is 5.69 Å². The van der Waals surface area contributed by atoms with E-state index in [0.29, 0.717) is 17.4 Å². The first-order valence-corrected chi connectivity index (χ1v) is 4.87. The third kappa shape index (κ3) is 1.83. The largest absolute Gasteiger partial charge is 0.398 e. The summed E-state index contributed by atoms with van der Waals surface area (Å²) < 4.78 is 5.15. The minimum absolute atomic E-state index is 0.257. The Balaban J connectivity index is 2.42. The molecule has 2 aromatic rings. The van der Waals surface area contributed by atoms with Crippen molar-refractivity contribution in [2.75, 3.05) is 5.73 Å². The lowest BCUT2D eigenvalue weighted by molar-refractivity contribution is 0.419. The van der Waals surface area contributed by atoms with Crippen LogP contribution in [0.15, 0.2) is 28.8 Å². The fourth-order valence-electron chi connectivity index (χ4n) is 1.27. The lowest BCUT2D eigenvalue weighted by Crippen LogP contribution is -1.91. The van der Waals surface area contributed by atoms with Gasteiger partial charge in [-0.25, -0.2) is 0 Å². The van der Waals surface area contributed by atoms with E-state index in [1.165, 1.54) is 0 Å². The van der Waals surface area contributed by atoms with Crippen LogP contribution in [0.1, 0.15) is 25.6 Å². The van der Waals surface area contributed by atoms with Crippen LogP contribution in [0.4, 0.5) is 5.69 Å². The molecule has 0 radical (unpaired) electrons. The molecule has 0 bridgehead atoms. The molecule has 15 heavy (non-hydrogen) atoms. The highest BCUT2D eigenvalue weighted by atomic mass is 16.5. The molecule has 0 amide bonds. The van der Waals surface area contributed by atoms with Crippen molar-refractivity contribution in [3.63, 3.8) is 0 Å². The van der Waals surface area contributed by atoms with Gasteiger partial charge in [-0.1, -0.05) is 31.1 Å². The number of nitrogen functional groups attached to an aromatic ring is 1. The normalized spacial score (nSPS) is 10.9. The standard InChI is InChI=1S/C11H13N3O/c1-7(2)10-13-11(15-14-10)8-5-3-4-6-9(8)12/h3-7H,12H2,1-2H3. The van der Waals surface area contributed by atoms with Crippen LogP contribution in [-0.4, -0.2) is 10.1 Å². The third-order valence-electron chi connectivity index (χ3n) is 2.15. The monoisotopic (exact) mass is 203 g/mol. The summed E-state index contributed by atoms with van der Waals surface area (Å²) in [4.78, 5) is 4.28. The van der Waals surface area contributed by atoms with Crippen molar-refractivity contribution in [1.29, 1.82) is 0 Å². The predicted octanol–water partition coefficient (Wildman–Crippen LogP) is 2.44. The molecular formula is C11H13N3O. The van der Waals surface area contributed by atoms with Gasteiger partial charge in [0.05, 0.1) is 5.56 Å². The average molecular weight is 203 g/mol. The van der Waals surface area contributed by atoms with Gasteiger partial charge in [-0.05, 0) is 12.1 Å². The molecule has 0 saturated heterocycles. The Hall–Kier alpha value is -1.84. The number of hydrogen-bond acceptors (Lipinski definition) is 4. The number of nitrogens with zero attached hydrogens (tertiary/aromatic N) is 2. The quantitative estimate of drug-likeness (QED) is 0.761. The maximum atomic E-state index is 5.81. The zero-order valence-electron chi connectivity index (χ0n) is 8.77. The third-order valence-corrected chi connectivity index (χ3v) is 2.15. The fourth-order valence-corrected chi connectivity index (χ4v) is 1.27. The van der Waals surface area contributed by atoms with Gasteiger partial charge in [-0.3, -0.25) is 0 Å². The summed E-state index contributed by atoms with van der Waals surface area (Å²) in [6.07, 6.45) is 0. The molecule has 78 valence electrons. The Bertz CT molecular complexity index is 462. The van der Waals surface area contributed by atoms with Gasteiger partial charge in [0.1, 0.15) is 0 Å². The van der Waals surface area contributed by atoms with Gasteiger partial charge in [-0.15, -0.1) is 0 Å². The topological polar surface area (TPSA) is 64.9 Å². The van der Waals surface area contributed by atoms with Crippen molar-refractivity contribution in [3.05, 3.63) is 30.1 Å². The molecule has 0 aliphatic rings. The van der Waals surface area contributed by atoms with E-state index >= 15 is 0 Å². The van der Waals surface area contributed by atoms with Crippen LogP contribution in [0.3, 0.4) is 0 Å². The summed E-state index contributed by atoms with van der Waals surface area (Å²) in [5.74, 6) is 1.44. The van der Waals surface area contributed by atoms with E-state index in [2.05, 4.69) is 10.1 Å². The zero-order chi connectivity index (χ0) is 10.8. The Labute approximate surface area is 88.1 Å². The van der Waals surface area contributed by atoms with Crippen molar-refractivity contribution < 1.29 is 4.52 Å². The van der Waals surface area contributed by atoms with Crippen LogP contribution >= 0.6 is 0 Å². The van der Waals surface area contributed by atoms with Crippen LogP contribution in [0.2, 0.25) is 0 Å². The summed E-state index contributed by atoms with van der Waals surface area (Å²) in [5.41, 5.74) is 7.25. The molecule has 1 aromatic carbocycles. The summed E-state index contributed by atoms with van der Waals surface area (Å²) in [7, 11) is 0. The molecule has 0 spiro atoms. The number of rotatable bonds is 2. The Morgan fingerprint density at radius 1 is 1.27 bits per heavy atom. The molecule has 0 atom stereocenters. The van der Waals surface area contributed by atoms with Crippen molar-refractivity contribution in [3.8, 4) is 11.5 Å². The number of aromatic nitrogens is 2. The number of anilines is 1. The molecule has 4 nitrogen and oxygen atoms in total. The summed E-state index contributed by atoms with van der Waals surface area (Å²) in [5, 5.41) is 3.89. The summed E-state index contributed by atoms with van der Waals surface area (Å²) in [6.45, 7) is 4.03. The van der Waals surface area contributed by atoms with Gasteiger partial charge in [0.25, 0.3) is 5.89 Å². The van der Waals surface area contributed by atoms with Gasteiger partial charge in [0, 0.05) is 11.6 Å². The molecule has 0 aliphatic carbocycles. The first kappa shape index (κ1) is 9.71. The molecule has 1 aromatic heterocycles. The van der Waals surface area contributed by atoms with Gasteiger partial charge in [-0.2, -0.15) is 4.98 Å². The first-order valence-electron chi connectivity index (χ1n) is 4.87. The first-order chi connectivity index (χ1) is 7.18. The lowest BCUT2D eigenvalue weighted by Gasteiger charge is -1.98. The zero-order valence-corrected chi connectivity index (χ0v) is 8.77. The molecule has 0 aliphatic heterocycles. The highest BCUT2D eigenvalue weighted by Crippen LogP contribution is 2.24. The molecule has 2 rings (SSSR count). The molecule has 1 heterocycles. The van der Waals surface area contributed by atoms with E-state index in [0.717, 1.165) is 5.56 Å². The molecule has 2 N–H and O–H groups in total. The molecule has 0 unspecified atom stereocenters. The van der Waals surface area contributed by atoms with E-state index in [1.807, 2.05) is 38.1 Å². The number of hydrogen-bond donors (Lipinski definition) is 1. The molecule has 0 saturated carbocycles. The fraction of sp³-hybridized carbons (Fsp3) is 0.273. The van der Waals surface area contributed by atoms with Crippen molar-refractivity contribution in [1.82, 2.24) is 10.1 Å². The number of benzene rings is 1. The summed E-state index contributed by atoms with van der Waals surface area (Å²) >= 11 is 0. The van der Waals surface area contributed by atoms with Crippen LogP contribution in [0.25, 0.3) is 11.5 Å². The van der Waals surface area contributed by atoms with E-state index in [9.17, 15) is 0 Å². The lowest BCUT2D eigenvalue weighted by atomic mass is 10.2. The van der Waals surface area contributed by atoms with Crippen LogP contribution in [0, 0.1) is 0 Å². The number of nitrogens with two attached hydrogens (primary N) is 1. The van der Waals surface area contributed by atoms with E-state index in [4.69, 9.17) is 10.3 Å². The van der Waals surface area contributed by atoms with Gasteiger partial charge < -0.3 is 10.3 Å².